The van der Waals surface area contributed by atoms with Crippen molar-refractivity contribution in [3.05, 3.63) is 33.8 Å². The number of oxime groups is 1. The van der Waals surface area contributed by atoms with Crippen LogP contribution in [0.25, 0.3) is 0 Å². The summed E-state index contributed by atoms with van der Waals surface area (Å²) in [7, 11) is 0. The SMILES string of the molecule is CC/C(CC1(c2ccc(Cl)c(Cl)c2)CCC1)=N/O. The molecule has 1 aromatic carbocycles. The van der Waals surface area contributed by atoms with Crippen LogP contribution in [0.5, 0.6) is 0 Å². The van der Waals surface area contributed by atoms with Crippen molar-refractivity contribution in [1.29, 1.82) is 0 Å². The number of nitrogens with zero attached hydrogens (tertiary/aromatic N) is 1. The van der Waals surface area contributed by atoms with Crippen molar-refractivity contribution in [2.75, 3.05) is 0 Å². The first-order valence-electron chi connectivity index (χ1n) is 6.26. The second-order valence-corrected chi connectivity index (χ2v) is 5.77. The van der Waals surface area contributed by atoms with Crippen LogP contribution < -0.4 is 0 Å². The Morgan fingerprint density at radius 1 is 1.33 bits per heavy atom. The Morgan fingerprint density at radius 3 is 2.50 bits per heavy atom. The molecule has 98 valence electrons. The molecule has 0 amide bonds. The zero-order valence-corrected chi connectivity index (χ0v) is 11.9. The van der Waals surface area contributed by atoms with Gasteiger partial charge in [0.25, 0.3) is 0 Å². The molecule has 1 saturated carbocycles. The number of hydrogen-bond donors (Lipinski definition) is 1. The number of benzene rings is 1. The van der Waals surface area contributed by atoms with E-state index in [1.165, 1.54) is 12.0 Å². The van der Waals surface area contributed by atoms with Crippen LogP contribution in [0.3, 0.4) is 0 Å². The second kappa shape index (κ2) is 5.50. The highest BCUT2D eigenvalue weighted by atomic mass is 35.5. The van der Waals surface area contributed by atoms with Gasteiger partial charge in [-0.1, -0.05) is 47.8 Å². The summed E-state index contributed by atoms with van der Waals surface area (Å²) in [5.74, 6) is 0. The minimum Gasteiger partial charge on any atom is -0.411 e. The van der Waals surface area contributed by atoms with E-state index in [-0.39, 0.29) is 5.41 Å². The van der Waals surface area contributed by atoms with E-state index in [0.717, 1.165) is 31.4 Å². The minimum absolute atomic E-state index is 0.0891. The standard InChI is InChI=1S/C14H17Cl2NO/c1-2-11(17-18)9-14(6-3-7-14)10-4-5-12(15)13(16)8-10/h4-5,8,18H,2-3,6-7,9H2,1H3/b17-11-. The van der Waals surface area contributed by atoms with Crippen LogP contribution >= 0.6 is 23.2 Å². The number of rotatable bonds is 4. The Balaban J connectivity index is 2.29. The zero-order chi connectivity index (χ0) is 13.2. The summed E-state index contributed by atoms with van der Waals surface area (Å²) >= 11 is 12.1. The van der Waals surface area contributed by atoms with Gasteiger partial charge in [0.2, 0.25) is 0 Å². The van der Waals surface area contributed by atoms with Crippen LogP contribution in [0.15, 0.2) is 23.4 Å². The Hall–Kier alpha value is -0.730. The van der Waals surface area contributed by atoms with Crippen LogP contribution in [0.1, 0.15) is 44.6 Å². The molecule has 4 heteroatoms. The third kappa shape index (κ3) is 2.50. The molecule has 2 rings (SSSR count). The van der Waals surface area contributed by atoms with Crippen molar-refractivity contribution in [3.63, 3.8) is 0 Å². The molecule has 2 nitrogen and oxygen atoms in total. The molecule has 0 bridgehead atoms. The monoisotopic (exact) mass is 285 g/mol. The third-order valence-corrected chi connectivity index (χ3v) is 4.67. The maximum Gasteiger partial charge on any atom is 0.0595 e. The average molecular weight is 286 g/mol. The number of hydrogen-bond acceptors (Lipinski definition) is 2. The summed E-state index contributed by atoms with van der Waals surface area (Å²) in [6, 6.07) is 5.84. The first-order chi connectivity index (χ1) is 8.61. The quantitative estimate of drug-likeness (QED) is 0.469. The molecule has 0 saturated heterocycles. The highest BCUT2D eigenvalue weighted by molar-refractivity contribution is 6.42. The second-order valence-electron chi connectivity index (χ2n) is 4.96. The van der Waals surface area contributed by atoms with Gasteiger partial charge in [0.05, 0.1) is 15.8 Å². The van der Waals surface area contributed by atoms with Gasteiger partial charge in [-0.15, -0.1) is 0 Å². The van der Waals surface area contributed by atoms with E-state index < -0.39 is 0 Å². The van der Waals surface area contributed by atoms with E-state index in [0.29, 0.717) is 10.0 Å². The summed E-state index contributed by atoms with van der Waals surface area (Å²) in [4.78, 5) is 0. The highest BCUT2D eigenvalue weighted by Crippen LogP contribution is 2.48. The topological polar surface area (TPSA) is 32.6 Å². The van der Waals surface area contributed by atoms with E-state index in [9.17, 15) is 0 Å². The molecule has 1 N–H and O–H groups in total. The predicted molar refractivity (Wildman–Crippen MR) is 76.1 cm³/mol. The van der Waals surface area contributed by atoms with Gasteiger partial charge in [-0.05, 0) is 43.4 Å². The third-order valence-electron chi connectivity index (χ3n) is 3.93. The molecular formula is C14H17Cl2NO. The lowest BCUT2D eigenvalue weighted by molar-refractivity contribution is 0.246. The lowest BCUT2D eigenvalue weighted by Crippen LogP contribution is -2.36. The van der Waals surface area contributed by atoms with Gasteiger partial charge in [-0.3, -0.25) is 0 Å². The van der Waals surface area contributed by atoms with Crippen LogP contribution in [-0.2, 0) is 5.41 Å². The van der Waals surface area contributed by atoms with Crippen molar-refractivity contribution >= 4 is 28.9 Å². The molecule has 18 heavy (non-hydrogen) atoms. The van der Waals surface area contributed by atoms with E-state index in [2.05, 4.69) is 5.16 Å². The predicted octanol–water partition coefficient (Wildman–Crippen LogP) is 5.05. The lowest BCUT2D eigenvalue weighted by Gasteiger charge is -2.43. The molecule has 0 aliphatic heterocycles. The van der Waals surface area contributed by atoms with Gasteiger partial charge in [0.15, 0.2) is 0 Å². The highest BCUT2D eigenvalue weighted by Gasteiger charge is 2.39. The van der Waals surface area contributed by atoms with Gasteiger partial charge in [-0.2, -0.15) is 0 Å². The van der Waals surface area contributed by atoms with Crippen LogP contribution in [0.2, 0.25) is 10.0 Å². The lowest BCUT2D eigenvalue weighted by atomic mass is 9.61. The van der Waals surface area contributed by atoms with E-state index in [1.54, 1.807) is 0 Å². The summed E-state index contributed by atoms with van der Waals surface area (Å²) in [5.41, 5.74) is 2.14. The molecule has 0 atom stereocenters. The van der Waals surface area contributed by atoms with Crippen LogP contribution in [0.4, 0.5) is 0 Å². The Labute approximate surface area is 118 Å². The van der Waals surface area contributed by atoms with Crippen molar-refractivity contribution in [3.8, 4) is 0 Å². The minimum atomic E-state index is 0.0891. The Kier molecular flexibility index (Phi) is 4.18. The van der Waals surface area contributed by atoms with Crippen molar-refractivity contribution in [2.24, 2.45) is 5.16 Å². The molecule has 1 aliphatic rings. The normalized spacial score (nSPS) is 18.5. The molecule has 0 unspecified atom stereocenters. The molecule has 0 spiro atoms. The Morgan fingerprint density at radius 2 is 2.06 bits per heavy atom. The van der Waals surface area contributed by atoms with Crippen molar-refractivity contribution in [1.82, 2.24) is 0 Å². The molecule has 0 aromatic heterocycles. The van der Waals surface area contributed by atoms with Crippen molar-refractivity contribution in [2.45, 2.75) is 44.4 Å². The molecule has 1 aliphatic carbocycles. The van der Waals surface area contributed by atoms with Gasteiger partial charge in [0.1, 0.15) is 0 Å². The van der Waals surface area contributed by atoms with E-state index >= 15 is 0 Å². The van der Waals surface area contributed by atoms with Crippen LogP contribution in [0, 0.1) is 0 Å². The van der Waals surface area contributed by atoms with Gasteiger partial charge in [-0.25, -0.2) is 0 Å². The average Bonchev–Trinajstić information content (AvgIpc) is 2.33. The number of halogens is 2. The van der Waals surface area contributed by atoms with Gasteiger partial charge in [0, 0.05) is 5.41 Å². The maximum atomic E-state index is 9.00. The van der Waals surface area contributed by atoms with Gasteiger partial charge >= 0.3 is 0 Å². The maximum absolute atomic E-state index is 9.00. The smallest absolute Gasteiger partial charge is 0.0595 e. The first-order valence-corrected chi connectivity index (χ1v) is 7.02. The summed E-state index contributed by atoms with van der Waals surface area (Å²) < 4.78 is 0. The molecule has 1 aromatic rings. The zero-order valence-electron chi connectivity index (χ0n) is 10.4. The van der Waals surface area contributed by atoms with Gasteiger partial charge < -0.3 is 5.21 Å². The fraction of sp³-hybridized carbons (Fsp3) is 0.500. The van der Waals surface area contributed by atoms with Crippen molar-refractivity contribution < 1.29 is 5.21 Å². The van der Waals surface area contributed by atoms with Crippen LogP contribution in [-0.4, -0.2) is 10.9 Å². The van der Waals surface area contributed by atoms with E-state index in [1.807, 2.05) is 25.1 Å². The first kappa shape index (κ1) is 13.7. The van der Waals surface area contributed by atoms with E-state index in [4.69, 9.17) is 28.4 Å². The molecule has 1 fully saturated rings. The summed E-state index contributed by atoms with van der Waals surface area (Å²) in [5, 5.41) is 13.6. The Bertz CT molecular complexity index is 467. The summed E-state index contributed by atoms with van der Waals surface area (Å²) in [6.07, 6.45) is 5.02. The summed E-state index contributed by atoms with van der Waals surface area (Å²) in [6.45, 7) is 2.01. The molecular weight excluding hydrogens is 269 g/mol. The largest absolute Gasteiger partial charge is 0.411 e. The fourth-order valence-corrected chi connectivity index (χ4v) is 2.92. The molecule has 0 radical (unpaired) electrons. The fourth-order valence-electron chi connectivity index (χ4n) is 2.62. The molecule has 0 heterocycles.